The molecule has 0 aliphatic rings. The SMILES string of the molecule is COc1ccc(C(=O)NCC(C)(C)C(O)C(C)C)cc1F. The quantitative estimate of drug-likeness (QED) is 0.848. The van der Waals surface area contributed by atoms with Crippen molar-refractivity contribution in [2.45, 2.75) is 33.8 Å². The van der Waals surface area contributed by atoms with Crippen molar-refractivity contribution in [1.82, 2.24) is 5.32 Å². The maximum atomic E-state index is 13.6. The number of aliphatic hydroxyl groups excluding tert-OH is 1. The Labute approximate surface area is 125 Å². The number of ether oxygens (including phenoxy) is 1. The molecule has 0 saturated carbocycles. The van der Waals surface area contributed by atoms with E-state index in [2.05, 4.69) is 5.32 Å². The summed E-state index contributed by atoms with van der Waals surface area (Å²) in [7, 11) is 1.37. The predicted octanol–water partition coefficient (Wildman–Crippen LogP) is 2.61. The normalized spacial score (nSPS) is 13.1. The van der Waals surface area contributed by atoms with Gasteiger partial charge in [-0.05, 0) is 24.1 Å². The average Bonchev–Trinajstić information content (AvgIpc) is 2.43. The van der Waals surface area contributed by atoms with Gasteiger partial charge in [0.1, 0.15) is 0 Å². The molecule has 0 aliphatic carbocycles. The first kappa shape index (κ1) is 17.4. The fourth-order valence-electron chi connectivity index (χ4n) is 2.22. The van der Waals surface area contributed by atoms with E-state index in [0.717, 1.165) is 6.07 Å². The second-order valence-corrected chi connectivity index (χ2v) is 6.21. The van der Waals surface area contributed by atoms with Crippen molar-refractivity contribution >= 4 is 5.91 Å². The van der Waals surface area contributed by atoms with Crippen LogP contribution in [0.5, 0.6) is 5.75 Å². The van der Waals surface area contributed by atoms with Gasteiger partial charge in [-0.2, -0.15) is 0 Å². The van der Waals surface area contributed by atoms with Crippen molar-refractivity contribution in [3.05, 3.63) is 29.6 Å². The summed E-state index contributed by atoms with van der Waals surface area (Å²) in [4.78, 5) is 12.0. The minimum Gasteiger partial charge on any atom is -0.494 e. The molecule has 0 spiro atoms. The van der Waals surface area contributed by atoms with Crippen LogP contribution in [0, 0.1) is 17.2 Å². The Balaban J connectivity index is 2.72. The Bertz CT molecular complexity index is 500. The molecule has 1 amide bonds. The number of rotatable bonds is 6. The van der Waals surface area contributed by atoms with Gasteiger partial charge in [0.2, 0.25) is 0 Å². The third-order valence-corrected chi connectivity index (χ3v) is 3.55. The third-order valence-electron chi connectivity index (χ3n) is 3.55. The summed E-state index contributed by atoms with van der Waals surface area (Å²) in [6.07, 6.45) is -0.537. The van der Waals surface area contributed by atoms with Crippen LogP contribution in [0.25, 0.3) is 0 Å². The molecule has 4 nitrogen and oxygen atoms in total. The zero-order valence-electron chi connectivity index (χ0n) is 13.2. The summed E-state index contributed by atoms with van der Waals surface area (Å²) in [6, 6.07) is 4.06. The molecule has 0 saturated heterocycles. The number of halogens is 1. The summed E-state index contributed by atoms with van der Waals surface area (Å²) in [5.41, 5.74) is -0.238. The predicted molar refractivity (Wildman–Crippen MR) is 79.9 cm³/mol. The van der Waals surface area contributed by atoms with Crippen LogP contribution in [0.4, 0.5) is 4.39 Å². The van der Waals surface area contributed by atoms with Crippen molar-refractivity contribution in [2.24, 2.45) is 11.3 Å². The molecule has 0 bridgehead atoms. The van der Waals surface area contributed by atoms with Crippen LogP contribution in [-0.4, -0.2) is 30.8 Å². The van der Waals surface area contributed by atoms with Crippen molar-refractivity contribution in [3.8, 4) is 5.75 Å². The molecule has 21 heavy (non-hydrogen) atoms. The first-order chi connectivity index (χ1) is 9.69. The number of hydrogen-bond acceptors (Lipinski definition) is 3. The second kappa shape index (κ2) is 6.89. The molecule has 1 aromatic rings. The maximum absolute atomic E-state index is 13.6. The van der Waals surface area contributed by atoms with E-state index in [1.165, 1.54) is 19.2 Å². The molecule has 0 fully saturated rings. The first-order valence-electron chi connectivity index (χ1n) is 6.99. The summed E-state index contributed by atoms with van der Waals surface area (Å²) in [6.45, 7) is 7.91. The second-order valence-electron chi connectivity index (χ2n) is 6.21. The fraction of sp³-hybridized carbons (Fsp3) is 0.562. The number of amides is 1. The van der Waals surface area contributed by atoms with Crippen molar-refractivity contribution in [2.75, 3.05) is 13.7 Å². The summed E-state index contributed by atoms with van der Waals surface area (Å²) in [5.74, 6) is -0.760. The van der Waals surface area contributed by atoms with Gasteiger partial charge < -0.3 is 15.2 Å². The molecule has 5 heteroatoms. The molecule has 0 heterocycles. The van der Waals surface area contributed by atoms with E-state index in [1.54, 1.807) is 0 Å². The molecule has 1 aromatic carbocycles. The van der Waals surface area contributed by atoms with Gasteiger partial charge in [-0.25, -0.2) is 4.39 Å². The van der Waals surface area contributed by atoms with Crippen LogP contribution in [0.1, 0.15) is 38.1 Å². The van der Waals surface area contributed by atoms with E-state index in [9.17, 15) is 14.3 Å². The highest BCUT2D eigenvalue weighted by Gasteiger charge is 2.30. The lowest BCUT2D eigenvalue weighted by Gasteiger charge is -2.33. The molecule has 118 valence electrons. The maximum Gasteiger partial charge on any atom is 0.251 e. The lowest BCUT2D eigenvalue weighted by molar-refractivity contribution is 0.0138. The Kier molecular flexibility index (Phi) is 5.72. The highest BCUT2D eigenvalue weighted by Crippen LogP contribution is 2.25. The molecular formula is C16H24FNO3. The molecule has 0 aromatic heterocycles. The Hall–Kier alpha value is -1.62. The molecule has 1 rings (SSSR count). The number of nitrogens with one attached hydrogen (secondary N) is 1. The lowest BCUT2D eigenvalue weighted by Crippen LogP contribution is -2.43. The summed E-state index contributed by atoms with van der Waals surface area (Å²) < 4.78 is 18.4. The summed E-state index contributed by atoms with van der Waals surface area (Å²) in [5, 5.41) is 12.9. The van der Waals surface area contributed by atoms with Gasteiger partial charge in [0.05, 0.1) is 13.2 Å². The largest absolute Gasteiger partial charge is 0.494 e. The van der Waals surface area contributed by atoms with Crippen molar-refractivity contribution in [1.29, 1.82) is 0 Å². The van der Waals surface area contributed by atoms with E-state index in [4.69, 9.17) is 4.74 Å². The first-order valence-corrected chi connectivity index (χ1v) is 6.99. The van der Waals surface area contributed by atoms with Crippen LogP contribution in [0.15, 0.2) is 18.2 Å². The molecule has 0 radical (unpaired) electrons. The Morgan fingerprint density at radius 2 is 2.05 bits per heavy atom. The van der Waals surface area contributed by atoms with Gasteiger partial charge in [0.15, 0.2) is 11.6 Å². The minimum atomic E-state index is -0.577. The van der Waals surface area contributed by atoms with Crippen molar-refractivity contribution in [3.63, 3.8) is 0 Å². The number of carbonyl (C=O) groups excluding carboxylic acids is 1. The zero-order chi connectivity index (χ0) is 16.2. The smallest absolute Gasteiger partial charge is 0.251 e. The van der Waals surface area contributed by atoms with E-state index in [-0.39, 0.29) is 23.1 Å². The standard InChI is InChI=1S/C16H24FNO3/c1-10(2)14(19)16(3,4)9-18-15(20)11-6-7-13(21-5)12(17)8-11/h6-8,10,14,19H,9H2,1-5H3,(H,18,20). The molecule has 2 N–H and O–H groups in total. The number of methoxy groups -OCH3 is 1. The van der Waals surface area contributed by atoms with Gasteiger partial charge in [0, 0.05) is 17.5 Å². The number of aliphatic hydroxyl groups is 1. The van der Waals surface area contributed by atoms with Gasteiger partial charge in [0.25, 0.3) is 5.91 Å². The molecule has 0 aliphatic heterocycles. The van der Waals surface area contributed by atoms with Gasteiger partial charge >= 0.3 is 0 Å². The topological polar surface area (TPSA) is 58.6 Å². The third kappa shape index (κ3) is 4.43. The zero-order valence-corrected chi connectivity index (χ0v) is 13.2. The highest BCUT2D eigenvalue weighted by atomic mass is 19.1. The van der Waals surface area contributed by atoms with E-state index >= 15 is 0 Å². The number of benzene rings is 1. The van der Waals surface area contributed by atoms with Gasteiger partial charge in [-0.1, -0.05) is 27.7 Å². The molecule has 1 unspecified atom stereocenters. The Morgan fingerprint density at radius 3 is 2.52 bits per heavy atom. The Morgan fingerprint density at radius 1 is 1.43 bits per heavy atom. The highest BCUT2D eigenvalue weighted by molar-refractivity contribution is 5.94. The van der Waals surface area contributed by atoms with Crippen LogP contribution in [0.3, 0.4) is 0 Å². The van der Waals surface area contributed by atoms with Crippen molar-refractivity contribution < 1.29 is 19.0 Å². The fourth-order valence-corrected chi connectivity index (χ4v) is 2.22. The van der Waals surface area contributed by atoms with Crippen LogP contribution < -0.4 is 10.1 Å². The number of carbonyl (C=O) groups is 1. The minimum absolute atomic E-state index is 0.0929. The van der Waals surface area contributed by atoms with E-state index < -0.39 is 17.3 Å². The van der Waals surface area contributed by atoms with Crippen LogP contribution in [-0.2, 0) is 0 Å². The summed E-state index contributed by atoms with van der Waals surface area (Å²) >= 11 is 0. The molecular weight excluding hydrogens is 273 g/mol. The van der Waals surface area contributed by atoms with Gasteiger partial charge in [-0.15, -0.1) is 0 Å². The molecule has 1 atom stereocenters. The van der Waals surface area contributed by atoms with E-state index in [1.807, 2.05) is 27.7 Å². The monoisotopic (exact) mass is 297 g/mol. The van der Waals surface area contributed by atoms with Crippen LogP contribution in [0.2, 0.25) is 0 Å². The lowest BCUT2D eigenvalue weighted by atomic mass is 9.80. The van der Waals surface area contributed by atoms with Crippen LogP contribution >= 0.6 is 0 Å². The van der Waals surface area contributed by atoms with E-state index in [0.29, 0.717) is 6.54 Å². The average molecular weight is 297 g/mol. The van der Waals surface area contributed by atoms with Gasteiger partial charge in [-0.3, -0.25) is 4.79 Å². The number of hydrogen-bond donors (Lipinski definition) is 2.